The lowest BCUT2D eigenvalue weighted by molar-refractivity contribution is -0.146. The van der Waals surface area contributed by atoms with E-state index in [2.05, 4.69) is 34.7 Å². The minimum Gasteiger partial charge on any atom is -0.462 e. The summed E-state index contributed by atoms with van der Waals surface area (Å²) in [6.07, 6.45) is -1.00. The Bertz CT molecular complexity index is 234. The van der Waals surface area contributed by atoms with Gasteiger partial charge in [0.1, 0.15) is 12.7 Å². The van der Waals surface area contributed by atoms with Crippen molar-refractivity contribution in [2.45, 2.75) is 26.1 Å². The third-order valence-electron chi connectivity index (χ3n) is 1.33. The maximum Gasteiger partial charge on any atom is 0.315 e. The molecule has 0 aromatic rings. The molecule has 18 heavy (non-hydrogen) atoms. The standard InChI is InChI=1S/2C5H10O3S/c1-4(6)2-8-5(7)3-9;1-4(2-6)8-5(7)3-9/h2*4,6,9H,2-3H2,1H3. The summed E-state index contributed by atoms with van der Waals surface area (Å²) in [5, 5.41) is 17.0. The molecule has 0 saturated heterocycles. The summed E-state index contributed by atoms with van der Waals surface area (Å²) in [5.41, 5.74) is 0. The number of hydrogen-bond donors (Lipinski definition) is 4. The van der Waals surface area contributed by atoms with Gasteiger partial charge in [-0.3, -0.25) is 9.59 Å². The molecule has 108 valence electrons. The molecule has 0 aromatic carbocycles. The summed E-state index contributed by atoms with van der Waals surface area (Å²) in [7, 11) is 0. The van der Waals surface area contributed by atoms with Crippen molar-refractivity contribution >= 4 is 37.2 Å². The topological polar surface area (TPSA) is 93.1 Å². The van der Waals surface area contributed by atoms with Crippen LogP contribution in [-0.4, -0.2) is 59.1 Å². The normalized spacial score (nSPS) is 12.8. The monoisotopic (exact) mass is 300 g/mol. The molecule has 0 heterocycles. The molecule has 6 nitrogen and oxygen atoms in total. The molecule has 0 saturated carbocycles. The molecule has 0 spiro atoms. The average molecular weight is 300 g/mol. The summed E-state index contributed by atoms with van der Waals surface area (Å²) in [6, 6.07) is 0. The van der Waals surface area contributed by atoms with E-state index in [0.717, 1.165) is 0 Å². The van der Waals surface area contributed by atoms with Gasteiger partial charge in [-0.05, 0) is 13.8 Å². The molecular formula is C10H20O6S2. The molecule has 2 unspecified atom stereocenters. The van der Waals surface area contributed by atoms with Gasteiger partial charge in [0.2, 0.25) is 0 Å². The molecule has 2 N–H and O–H groups in total. The zero-order valence-corrected chi connectivity index (χ0v) is 12.2. The van der Waals surface area contributed by atoms with Gasteiger partial charge in [0.15, 0.2) is 0 Å². The number of aliphatic hydroxyl groups is 2. The van der Waals surface area contributed by atoms with Crippen LogP contribution in [0.4, 0.5) is 0 Å². The van der Waals surface area contributed by atoms with Crippen molar-refractivity contribution in [3.05, 3.63) is 0 Å². The fourth-order valence-corrected chi connectivity index (χ4v) is 0.724. The zero-order valence-electron chi connectivity index (χ0n) is 10.4. The highest BCUT2D eigenvalue weighted by atomic mass is 32.1. The van der Waals surface area contributed by atoms with Crippen LogP contribution in [0, 0.1) is 0 Å². The van der Waals surface area contributed by atoms with Crippen LogP contribution in [0.1, 0.15) is 13.8 Å². The minimum atomic E-state index is -0.589. The first-order valence-corrected chi connectivity index (χ1v) is 6.49. The van der Waals surface area contributed by atoms with Crippen LogP contribution in [0.25, 0.3) is 0 Å². The van der Waals surface area contributed by atoms with Gasteiger partial charge in [0, 0.05) is 0 Å². The van der Waals surface area contributed by atoms with E-state index in [1.165, 1.54) is 0 Å². The predicted octanol–water partition coefficient (Wildman–Crippen LogP) is -0.320. The van der Waals surface area contributed by atoms with Gasteiger partial charge in [-0.2, -0.15) is 25.3 Å². The number of rotatable bonds is 6. The first-order chi connectivity index (χ1) is 8.37. The van der Waals surface area contributed by atoms with Gasteiger partial charge >= 0.3 is 11.9 Å². The van der Waals surface area contributed by atoms with Gasteiger partial charge in [-0.1, -0.05) is 0 Å². The lowest BCUT2D eigenvalue weighted by Gasteiger charge is -2.07. The fraction of sp³-hybridized carbons (Fsp3) is 0.800. The highest BCUT2D eigenvalue weighted by Crippen LogP contribution is 1.90. The van der Waals surface area contributed by atoms with Crippen LogP contribution in [-0.2, 0) is 19.1 Å². The van der Waals surface area contributed by atoms with Crippen molar-refractivity contribution in [1.29, 1.82) is 0 Å². The third-order valence-corrected chi connectivity index (χ3v) is 1.85. The largest absolute Gasteiger partial charge is 0.462 e. The molecule has 0 aliphatic rings. The highest BCUT2D eigenvalue weighted by molar-refractivity contribution is 7.81. The third kappa shape index (κ3) is 15.6. The van der Waals surface area contributed by atoms with Crippen molar-refractivity contribution in [3.63, 3.8) is 0 Å². The van der Waals surface area contributed by atoms with E-state index in [-0.39, 0.29) is 24.7 Å². The Morgan fingerprint density at radius 1 is 1.17 bits per heavy atom. The Morgan fingerprint density at radius 2 is 1.67 bits per heavy atom. The zero-order chi connectivity index (χ0) is 14.6. The molecular weight excluding hydrogens is 280 g/mol. The minimum absolute atomic E-state index is 0.0550. The second-order valence-electron chi connectivity index (χ2n) is 3.33. The smallest absolute Gasteiger partial charge is 0.315 e. The summed E-state index contributed by atoms with van der Waals surface area (Å²) < 4.78 is 9.07. The summed E-state index contributed by atoms with van der Waals surface area (Å²) in [6.45, 7) is 3.08. The summed E-state index contributed by atoms with van der Waals surface area (Å²) in [4.78, 5) is 20.7. The summed E-state index contributed by atoms with van der Waals surface area (Å²) in [5.74, 6) is -0.684. The van der Waals surface area contributed by atoms with Crippen LogP contribution >= 0.6 is 25.3 Å². The lowest BCUT2D eigenvalue weighted by atomic mass is 10.4. The van der Waals surface area contributed by atoms with Gasteiger partial charge in [-0.25, -0.2) is 0 Å². The van der Waals surface area contributed by atoms with Crippen molar-refractivity contribution in [2.75, 3.05) is 24.7 Å². The van der Waals surface area contributed by atoms with Crippen molar-refractivity contribution in [3.8, 4) is 0 Å². The Labute approximate surface area is 117 Å². The molecule has 0 aliphatic carbocycles. The summed E-state index contributed by atoms with van der Waals surface area (Å²) >= 11 is 7.33. The molecule has 2 atom stereocenters. The maximum absolute atomic E-state index is 10.4. The van der Waals surface area contributed by atoms with Crippen molar-refractivity contribution in [1.82, 2.24) is 0 Å². The second kappa shape index (κ2) is 13.0. The number of thiol groups is 2. The van der Waals surface area contributed by atoms with Crippen LogP contribution in [0.15, 0.2) is 0 Å². The van der Waals surface area contributed by atoms with Gasteiger partial charge < -0.3 is 19.7 Å². The molecule has 0 rings (SSSR count). The second-order valence-corrected chi connectivity index (χ2v) is 3.96. The number of aliphatic hydroxyl groups excluding tert-OH is 2. The van der Waals surface area contributed by atoms with Crippen molar-refractivity contribution in [2.24, 2.45) is 0 Å². The Kier molecular flexibility index (Phi) is 14.4. The van der Waals surface area contributed by atoms with E-state index in [9.17, 15) is 9.59 Å². The number of carbonyl (C=O) groups excluding carboxylic acids is 2. The van der Waals surface area contributed by atoms with E-state index in [1.807, 2.05) is 0 Å². The van der Waals surface area contributed by atoms with Gasteiger partial charge in [0.05, 0.1) is 24.2 Å². The molecule has 0 radical (unpaired) electrons. The molecule has 0 amide bonds. The van der Waals surface area contributed by atoms with Crippen molar-refractivity contribution < 1.29 is 29.3 Å². The SMILES string of the molecule is CC(CO)OC(=O)CS.CC(O)COC(=O)CS. The average Bonchev–Trinajstić information content (AvgIpc) is 2.36. The molecule has 0 bridgehead atoms. The number of carbonyl (C=O) groups is 2. The van der Waals surface area contributed by atoms with Crippen LogP contribution in [0.2, 0.25) is 0 Å². The van der Waals surface area contributed by atoms with E-state index in [0.29, 0.717) is 0 Å². The Hall–Kier alpha value is -0.440. The van der Waals surface area contributed by atoms with E-state index in [1.54, 1.807) is 13.8 Å². The van der Waals surface area contributed by atoms with E-state index in [4.69, 9.17) is 10.2 Å². The molecule has 0 aliphatic heterocycles. The Morgan fingerprint density at radius 3 is 2.00 bits per heavy atom. The van der Waals surface area contributed by atoms with Gasteiger partial charge in [0.25, 0.3) is 0 Å². The predicted molar refractivity (Wildman–Crippen MR) is 73.0 cm³/mol. The molecule has 0 fully saturated rings. The first-order valence-electron chi connectivity index (χ1n) is 5.23. The number of ether oxygens (including phenoxy) is 2. The molecule has 0 aromatic heterocycles. The Balaban J connectivity index is 0. The van der Waals surface area contributed by atoms with E-state index < -0.39 is 24.1 Å². The highest BCUT2D eigenvalue weighted by Gasteiger charge is 2.04. The maximum atomic E-state index is 10.4. The van der Waals surface area contributed by atoms with E-state index >= 15 is 0 Å². The van der Waals surface area contributed by atoms with Crippen LogP contribution in [0.3, 0.4) is 0 Å². The van der Waals surface area contributed by atoms with Gasteiger partial charge in [-0.15, -0.1) is 0 Å². The molecule has 8 heteroatoms. The fourth-order valence-electron chi connectivity index (χ4n) is 0.558. The number of esters is 2. The van der Waals surface area contributed by atoms with Crippen LogP contribution in [0.5, 0.6) is 0 Å². The lowest BCUT2D eigenvalue weighted by Crippen LogP contribution is -2.18. The number of hydrogen-bond acceptors (Lipinski definition) is 8. The first kappa shape index (κ1) is 19.9. The quantitative estimate of drug-likeness (QED) is 0.397. The van der Waals surface area contributed by atoms with Crippen LogP contribution < -0.4 is 0 Å².